The fraction of sp³-hybridized carbons (Fsp3) is 0.200. The summed E-state index contributed by atoms with van der Waals surface area (Å²) in [5.41, 5.74) is 4.35. The maximum absolute atomic E-state index is 12.1. The Morgan fingerprint density at radius 3 is 2.56 bits per heavy atom. The van der Waals surface area contributed by atoms with E-state index in [1.54, 1.807) is 0 Å². The lowest BCUT2D eigenvalue weighted by molar-refractivity contribution is -0.116. The second-order valence-corrected chi connectivity index (χ2v) is 7.23. The van der Waals surface area contributed by atoms with Crippen LogP contribution in [-0.4, -0.2) is 10.9 Å². The van der Waals surface area contributed by atoms with E-state index in [4.69, 9.17) is 11.6 Å². The molecule has 1 heterocycles. The largest absolute Gasteiger partial charge is 0.302 e. The van der Waals surface area contributed by atoms with Crippen molar-refractivity contribution < 1.29 is 4.79 Å². The van der Waals surface area contributed by atoms with Gasteiger partial charge < -0.3 is 5.32 Å². The van der Waals surface area contributed by atoms with Crippen molar-refractivity contribution in [3.63, 3.8) is 0 Å². The SMILES string of the molecule is Cc1ccc(-c2csc(NC(=O)CCCc3ccc(Cl)cc3)n2)cc1. The van der Waals surface area contributed by atoms with E-state index >= 15 is 0 Å². The van der Waals surface area contributed by atoms with Gasteiger partial charge in [-0.05, 0) is 37.5 Å². The number of aromatic nitrogens is 1. The summed E-state index contributed by atoms with van der Waals surface area (Å²) in [5.74, 6) is -0.00114. The van der Waals surface area contributed by atoms with Crippen molar-refractivity contribution in [2.24, 2.45) is 0 Å². The highest BCUT2D eigenvalue weighted by Crippen LogP contribution is 2.25. The van der Waals surface area contributed by atoms with E-state index in [-0.39, 0.29) is 5.91 Å². The van der Waals surface area contributed by atoms with Crippen LogP contribution in [0.2, 0.25) is 5.02 Å². The van der Waals surface area contributed by atoms with Gasteiger partial charge in [-0.3, -0.25) is 4.79 Å². The van der Waals surface area contributed by atoms with Gasteiger partial charge in [0.15, 0.2) is 5.13 Å². The zero-order chi connectivity index (χ0) is 17.6. The summed E-state index contributed by atoms with van der Waals surface area (Å²) < 4.78 is 0. The minimum absolute atomic E-state index is 0.00114. The molecular weight excluding hydrogens is 352 g/mol. The van der Waals surface area contributed by atoms with Crippen LogP contribution in [0, 0.1) is 6.92 Å². The molecule has 0 spiro atoms. The Balaban J connectivity index is 1.49. The van der Waals surface area contributed by atoms with Crippen LogP contribution in [-0.2, 0) is 11.2 Å². The number of benzene rings is 2. The molecule has 1 N–H and O–H groups in total. The summed E-state index contributed by atoms with van der Waals surface area (Å²) in [6.07, 6.45) is 2.13. The summed E-state index contributed by atoms with van der Waals surface area (Å²) in [6.45, 7) is 2.06. The zero-order valence-corrected chi connectivity index (χ0v) is 15.5. The maximum atomic E-state index is 12.1. The van der Waals surface area contributed by atoms with Crippen molar-refractivity contribution in [3.05, 3.63) is 70.1 Å². The minimum atomic E-state index is -0.00114. The lowest BCUT2D eigenvalue weighted by Gasteiger charge is -2.03. The van der Waals surface area contributed by atoms with Crippen molar-refractivity contribution in [1.82, 2.24) is 4.98 Å². The third kappa shape index (κ3) is 5.15. The number of thiazole rings is 1. The summed E-state index contributed by atoms with van der Waals surface area (Å²) in [4.78, 5) is 16.6. The van der Waals surface area contributed by atoms with Gasteiger partial charge in [0.2, 0.25) is 5.91 Å². The number of amides is 1. The van der Waals surface area contributed by atoms with Gasteiger partial charge in [-0.1, -0.05) is 53.6 Å². The van der Waals surface area contributed by atoms with Crippen molar-refractivity contribution in [3.8, 4) is 11.3 Å². The highest BCUT2D eigenvalue weighted by atomic mass is 35.5. The summed E-state index contributed by atoms with van der Waals surface area (Å²) >= 11 is 7.32. The first-order chi connectivity index (χ1) is 12.1. The molecule has 128 valence electrons. The minimum Gasteiger partial charge on any atom is -0.302 e. The number of aryl methyl sites for hydroxylation is 2. The molecule has 0 atom stereocenters. The molecule has 3 nitrogen and oxygen atoms in total. The molecule has 1 aromatic heterocycles. The topological polar surface area (TPSA) is 42.0 Å². The number of hydrogen-bond acceptors (Lipinski definition) is 3. The molecule has 0 aliphatic heterocycles. The van der Waals surface area contributed by atoms with Crippen molar-refractivity contribution >= 4 is 34.0 Å². The van der Waals surface area contributed by atoms with Crippen LogP contribution in [0.1, 0.15) is 24.0 Å². The summed E-state index contributed by atoms with van der Waals surface area (Å²) in [7, 11) is 0. The van der Waals surface area contributed by atoms with Gasteiger partial charge in [0.05, 0.1) is 5.69 Å². The highest BCUT2D eigenvalue weighted by Gasteiger charge is 2.08. The van der Waals surface area contributed by atoms with Gasteiger partial charge in [-0.15, -0.1) is 11.3 Å². The quantitative estimate of drug-likeness (QED) is 0.601. The van der Waals surface area contributed by atoms with E-state index in [1.807, 2.05) is 41.8 Å². The number of nitrogens with zero attached hydrogens (tertiary/aromatic N) is 1. The predicted octanol–water partition coefficient (Wildman–Crippen LogP) is 5.73. The molecule has 0 saturated heterocycles. The normalized spacial score (nSPS) is 10.6. The molecule has 0 saturated carbocycles. The molecule has 0 aliphatic rings. The lowest BCUT2D eigenvalue weighted by atomic mass is 10.1. The second-order valence-electron chi connectivity index (χ2n) is 5.93. The Labute approximate surface area is 156 Å². The van der Waals surface area contributed by atoms with Gasteiger partial charge in [-0.25, -0.2) is 4.98 Å². The molecule has 0 radical (unpaired) electrons. The molecule has 0 aliphatic carbocycles. The highest BCUT2D eigenvalue weighted by molar-refractivity contribution is 7.14. The number of carbonyl (C=O) groups is 1. The third-order valence-corrected chi connectivity index (χ3v) is 4.89. The third-order valence-electron chi connectivity index (χ3n) is 3.88. The number of hydrogen-bond donors (Lipinski definition) is 1. The smallest absolute Gasteiger partial charge is 0.226 e. The average Bonchev–Trinajstić information content (AvgIpc) is 3.06. The van der Waals surface area contributed by atoms with Gasteiger partial charge in [0, 0.05) is 22.4 Å². The van der Waals surface area contributed by atoms with E-state index in [1.165, 1.54) is 22.5 Å². The summed E-state index contributed by atoms with van der Waals surface area (Å²) in [5, 5.41) is 6.23. The maximum Gasteiger partial charge on any atom is 0.226 e. The van der Waals surface area contributed by atoms with E-state index in [2.05, 4.69) is 29.4 Å². The number of halogens is 1. The van der Waals surface area contributed by atoms with Gasteiger partial charge in [-0.2, -0.15) is 0 Å². The Morgan fingerprint density at radius 1 is 1.12 bits per heavy atom. The first kappa shape index (κ1) is 17.6. The lowest BCUT2D eigenvalue weighted by Crippen LogP contribution is -2.11. The van der Waals surface area contributed by atoms with Crippen LogP contribution in [0.25, 0.3) is 11.3 Å². The Kier molecular flexibility index (Phi) is 5.84. The molecule has 2 aromatic carbocycles. The average molecular weight is 371 g/mol. The molecule has 0 bridgehead atoms. The molecular formula is C20H19ClN2OS. The van der Waals surface area contributed by atoms with Crippen molar-refractivity contribution in [1.29, 1.82) is 0 Å². The van der Waals surface area contributed by atoms with Crippen LogP contribution in [0.3, 0.4) is 0 Å². The van der Waals surface area contributed by atoms with E-state index in [0.717, 1.165) is 29.1 Å². The number of anilines is 1. The molecule has 25 heavy (non-hydrogen) atoms. The van der Waals surface area contributed by atoms with Crippen molar-refractivity contribution in [2.75, 3.05) is 5.32 Å². The first-order valence-corrected chi connectivity index (χ1v) is 9.43. The van der Waals surface area contributed by atoms with Crippen LogP contribution in [0.5, 0.6) is 0 Å². The monoisotopic (exact) mass is 370 g/mol. The van der Waals surface area contributed by atoms with Crippen LogP contribution in [0.4, 0.5) is 5.13 Å². The van der Waals surface area contributed by atoms with Gasteiger partial charge >= 0.3 is 0 Å². The standard InChI is InChI=1S/C20H19ClN2OS/c1-14-5-9-16(10-6-14)18-13-25-20(22-18)23-19(24)4-2-3-15-7-11-17(21)12-8-15/h5-13H,2-4H2,1H3,(H,22,23,24). The number of nitrogens with one attached hydrogen (secondary N) is 1. The molecule has 0 unspecified atom stereocenters. The fourth-order valence-electron chi connectivity index (χ4n) is 2.47. The van der Waals surface area contributed by atoms with Crippen LogP contribution < -0.4 is 5.32 Å². The Hall–Kier alpha value is -2.17. The first-order valence-electron chi connectivity index (χ1n) is 8.17. The van der Waals surface area contributed by atoms with Crippen LogP contribution in [0.15, 0.2) is 53.9 Å². The van der Waals surface area contributed by atoms with E-state index < -0.39 is 0 Å². The number of rotatable bonds is 6. The van der Waals surface area contributed by atoms with Gasteiger partial charge in [0.1, 0.15) is 0 Å². The molecule has 3 aromatic rings. The molecule has 1 amide bonds. The zero-order valence-electron chi connectivity index (χ0n) is 14.0. The second kappa shape index (κ2) is 8.28. The van der Waals surface area contributed by atoms with Crippen LogP contribution >= 0.6 is 22.9 Å². The van der Waals surface area contributed by atoms with Crippen molar-refractivity contribution in [2.45, 2.75) is 26.2 Å². The molecule has 0 fully saturated rings. The van der Waals surface area contributed by atoms with Gasteiger partial charge in [0.25, 0.3) is 0 Å². The molecule has 3 rings (SSSR count). The fourth-order valence-corrected chi connectivity index (χ4v) is 3.34. The predicted molar refractivity (Wildman–Crippen MR) is 105 cm³/mol. The van der Waals surface area contributed by atoms with E-state index in [0.29, 0.717) is 11.6 Å². The summed E-state index contributed by atoms with van der Waals surface area (Å²) in [6, 6.07) is 15.9. The Bertz CT molecular complexity index is 841. The molecule has 5 heteroatoms. The Morgan fingerprint density at radius 2 is 1.84 bits per heavy atom. The number of carbonyl (C=O) groups excluding carboxylic acids is 1. The van der Waals surface area contributed by atoms with E-state index in [9.17, 15) is 4.79 Å².